The summed E-state index contributed by atoms with van der Waals surface area (Å²) in [6.07, 6.45) is 0. The minimum absolute atomic E-state index is 0.0625. The predicted molar refractivity (Wildman–Crippen MR) is 62.7 cm³/mol. The molecule has 0 radical (unpaired) electrons. The molecule has 1 aromatic heterocycles. The maximum Gasteiger partial charge on any atom is 0.124 e. The van der Waals surface area contributed by atoms with Crippen molar-refractivity contribution >= 4 is 27.3 Å². The molecular weight excluding hydrogens is 276 g/mol. The molecule has 0 saturated carbocycles. The first-order chi connectivity index (χ1) is 7.22. The average Bonchev–Trinajstić information content (AvgIpc) is 2.58. The minimum Gasteiger partial charge on any atom is -0.378 e. The molecule has 0 bridgehead atoms. The fraction of sp³-hybridized carbons (Fsp3) is 0.500. The van der Waals surface area contributed by atoms with Gasteiger partial charge in [0.1, 0.15) is 5.41 Å². The van der Waals surface area contributed by atoms with E-state index in [0.717, 1.165) is 3.79 Å². The van der Waals surface area contributed by atoms with Gasteiger partial charge in [-0.2, -0.15) is 5.26 Å². The first kappa shape index (κ1) is 11.1. The molecule has 1 aliphatic heterocycles. The lowest BCUT2D eigenvalue weighted by atomic mass is 9.79. The highest BCUT2D eigenvalue weighted by atomic mass is 79.9. The van der Waals surface area contributed by atoms with Crippen molar-refractivity contribution in [3.8, 4) is 6.07 Å². The van der Waals surface area contributed by atoms with Crippen LogP contribution >= 0.6 is 27.3 Å². The van der Waals surface area contributed by atoms with E-state index >= 15 is 0 Å². The number of halogens is 1. The van der Waals surface area contributed by atoms with Crippen molar-refractivity contribution in [3.05, 3.63) is 20.8 Å². The molecule has 1 saturated heterocycles. The van der Waals surface area contributed by atoms with Gasteiger partial charge in [0.05, 0.1) is 29.1 Å². The third-order valence-corrected chi connectivity index (χ3v) is 4.35. The van der Waals surface area contributed by atoms with E-state index in [1.54, 1.807) is 11.3 Å². The third kappa shape index (κ3) is 1.83. The Hall–Kier alpha value is -0.410. The van der Waals surface area contributed by atoms with Crippen molar-refractivity contribution in [1.29, 1.82) is 5.26 Å². The van der Waals surface area contributed by atoms with Crippen molar-refractivity contribution in [2.45, 2.75) is 6.04 Å². The van der Waals surface area contributed by atoms with Gasteiger partial charge in [-0.25, -0.2) is 0 Å². The van der Waals surface area contributed by atoms with Crippen molar-refractivity contribution in [2.24, 2.45) is 5.41 Å². The molecule has 0 amide bonds. The maximum absolute atomic E-state index is 9.23. The maximum atomic E-state index is 9.23. The second kappa shape index (κ2) is 4.22. The molecule has 1 atom stereocenters. The number of thiophene rings is 1. The number of hydrogen-bond acceptors (Lipinski definition) is 4. The second-order valence-electron chi connectivity index (χ2n) is 3.62. The van der Waals surface area contributed by atoms with E-state index in [0.29, 0.717) is 13.2 Å². The van der Waals surface area contributed by atoms with Crippen molar-refractivity contribution < 1.29 is 4.74 Å². The minimum atomic E-state index is -0.390. The van der Waals surface area contributed by atoms with Crippen LogP contribution in [0.3, 0.4) is 0 Å². The molecule has 5 heteroatoms. The molecule has 0 spiro atoms. The highest BCUT2D eigenvalue weighted by Gasteiger charge is 2.47. The third-order valence-electron chi connectivity index (χ3n) is 2.66. The van der Waals surface area contributed by atoms with Crippen LogP contribution in [0.25, 0.3) is 0 Å². The van der Waals surface area contributed by atoms with Crippen LogP contribution in [0, 0.1) is 16.7 Å². The summed E-state index contributed by atoms with van der Waals surface area (Å²) in [6.45, 7) is 1.04. The van der Waals surface area contributed by atoms with Crippen molar-refractivity contribution in [2.75, 3.05) is 20.3 Å². The summed E-state index contributed by atoms with van der Waals surface area (Å²) in [4.78, 5) is 1.18. The Bertz CT molecular complexity index is 394. The second-order valence-corrected chi connectivity index (χ2v) is 6.12. The number of nitrogens with one attached hydrogen (secondary N) is 1. The monoisotopic (exact) mass is 286 g/mol. The molecule has 1 fully saturated rings. The fourth-order valence-corrected chi connectivity index (χ4v) is 3.44. The lowest BCUT2D eigenvalue weighted by Crippen LogP contribution is -2.49. The molecule has 3 nitrogen and oxygen atoms in total. The zero-order chi connectivity index (χ0) is 10.9. The van der Waals surface area contributed by atoms with E-state index in [1.165, 1.54) is 4.88 Å². The highest BCUT2D eigenvalue weighted by Crippen LogP contribution is 2.42. The van der Waals surface area contributed by atoms with Gasteiger partial charge >= 0.3 is 0 Å². The standard InChI is InChI=1S/C10H11BrN2OS/c1-13-9(7-2-3-8(11)15-7)10(4-12)5-14-6-10/h2-3,9,13H,5-6H2,1H3. The lowest BCUT2D eigenvalue weighted by Gasteiger charge is -2.40. The molecule has 0 aromatic carbocycles. The number of hydrogen-bond donors (Lipinski definition) is 1. The Balaban J connectivity index is 2.28. The molecule has 2 rings (SSSR count). The summed E-state index contributed by atoms with van der Waals surface area (Å²) in [5.74, 6) is 0. The van der Waals surface area contributed by atoms with E-state index in [9.17, 15) is 5.26 Å². The van der Waals surface area contributed by atoms with Crippen LogP contribution in [0.4, 0.5) is 0 Å². The normalized spacial score (nSPS) is 20.3. The Kier molecular flexibility index (Phi) is 3.12. The summed E-state index contributed by atoms with van der Waals surface area (Å²) >= 11 is 5.09. The molecule has 15 heavy (non-hydrogen) atoms. The van der Waals surface area contributed by atoms with E-state index in [1.807, 2.05) is 19.2 Å². The van der Waals surface area contributed by atoms with Crippen LogP contribution in [0.15, 0.2) is 15.9 Å². The zero-order valence-electron chi connectivity index (χ0n) is 8.29. The first-order valence-electron chi connectivity index (χ1n) is 4.63. The van der Waals surface area contributed by atoms with Gasteiger partial charge in [0.25, 0.3) is 0 Å². The largest absolute Gasteiger partial charge is 0.378 e. The van der Waals surface area contributed by atoms with Crippen LogP contribution < -0.4 is 5.32 Å². The van der Waals surface area contributed by atoms with Crippen molar-refractivity contribution in [3.63, 3.8) is 0 Å². The Morgan fingerprint density at radius 1 is 1.67 bits per heavy atom. The van der Waals surface area contributed by atoms with Crippen LogP contribution in [0.1, 0.15) is 10.9 Å². The number of nitrogens with zero attached hydrogens (tertiary/aromatic N) is 1. The summed E-state index contributed by atoms with van der Waals surface area (Å²) in [6, 6.07) is 6.50. The fourth-order valence-electron chi connectivity index (χ4n) is 1.79. The molecule has 80 valence electrons. The first-order valence-corrected chi connectivity index (χ1v) is 6.24. The number of nitriles is 1. The van der Waals surface area contributed by atoms with Crippen LogP contribution in [0.5, 0.6) is 0 Å². The van der Waals surface area contributed by atoms with Crippen LogP contribution in [0.2, 0.25) is 0 Å². The van der Waals surface area contributed by atoms with Gasteiger partial charge in [-0.05, 0) is 35.1 Å². The van der Waals surface area contributed by atoms with Crippen LogP contribution in [-0.4, -0.2) is 20.3 Å². The van der Waals surface area contributed by atoms with Crippen LogP contribution in [-0.2, 0) is 4.74 Å². The van der Waals surface area contributed by atoms with Gasteiger partial charge in [-0.1, -0.05) is 0 Å². The van der Waals surface area contributed by atoms with Crippen molar-refractivity contribution in [1.82, 2.24) is 5.32 Å². The summed E-state index contributed by atoms with van der Waals surface area (Å²) in [7, 11) is 1.88. The van der Waals surface area contributed by atoms with Gasteiger partial charge in [0.15, 0.2) is 0 Å². The van der Waals surface area contributed by atoms with Gasteiger partial charge < -0.3 is 10.1 Å². The molecule has 1 N–H and O–H groups in total. The SMILES string of the molecule is CNC(c1ccc(Br)s1)C1(C#N)COC1. The molecular formula is C10H11BrN2OS. The topological polar surface area (TPSA) is 45.0 Å². The Morgan fingerprint density at radius 2 is 2.40 bits per heavy atom. The number of ether oxygens (including phenoxy) is 1. The summed E-state index contributed by atoms with van der Waals surface area (Å²) < 4.78 is 6.26. The van der Waals surface area contributed by atoms with E-state index < -0.39 is 0 Å². The molecule has 2 heterocycles. The van der Waals surface area contributed by atoms with Gasteiger partial charge in [0, 0.05) is 4.88 Å². The highest BCUT2D eigenvalue weighted by molar-refractivity contribution is 9.11. The van der Waals surface area contributed by atoms with E-state index in [2.05, 4.69) is 27.3 Å². The zero-order valence-corrected chi connectivity index (χ0v) is 10.7. The summed E-state index contributed by atoms with van der Waals surface area (Å²) in [5.41, 5.74) is -0.390. The lowest BCUT2D eigenvalue weighted by molar-refractivity contribution is -0.0957. The Labute approximate surface area is 101 Å². The number of rotatable bonds is 3. The molecule has 1 aromatic rings. The predicted octanol–water partition coefficient (Wildman–Crippen LogP) is 2.31. The Morgan fingerprint density at radius 3 is 2.73 bits per heavy atom. The van der Waals surface area contributed by atoms with Gasteiger partial charge in [-0.15, -0.1) is 11.3 Å². The molecule has 1 unspecified atom stereocenters. The smallest absolute Gasteiger partial charge is 0.124 e. The van der Waals surface area contributed by atoms with Gasteiger partial charge in [0.2, 0.25) is 0 Å². The molecule has 1 aliphatic rings. The quantitative estimate of drug-likeness (QED) is 0.928. The van der Waals surface area contributed by atoms with Gasteiger partial charge in [-0.3, -0.25) is 0 Å². The van der Waals surface area contributed by atoms with E-state index in [4.69, 9.17) is 4.74 Å². The van der Waals surface area contributed by atoms with E-state index in [-0.39, 0.29) is 11.5 Å². The summed E-state index contributed by atoms with van der Waals surface area (Å²) in [5, 5.41) is 12.4. The molecule has 0 aliphatic carbocycles. The average molecular weight is 287 g/mol.